The Morgan fingerprint density at radius 2 is 1.96 bits per heavy atom. The van der Waals surface area contributed by atoms with Crippen LogP contribution in [0.1, 0.15) is 65.1 Å². The first-order chi connectivity index (χ1) is 11.1. The predicted molar refractivity (Wildman–Crippen MR) is 98.9 cm³/mol. The van der Waals surface area contributed by atoms with Crippen LogP contribution in [0.4, 0.5) is 0 Å². The molecule has 134 valence electrons. The number of carbonyl (C=O) groups is 1. The van der Waals surface area contributed by atoms with Crippen molar-refractivity contribution in [3.63, 3.8) is 0 Å². The molecule has 1 unspecified atom stereocenters. The molecule has 1 atom stereocenters. The summed E-state index contributed by atoms with van der Waals surface area (Å²) in [5, 5.41) is 6.83. The number of aromatic nitrogens is 1. The van der Waals surface area contributed by atoms with Crippen molar-refractivity contribution >= 4 is 5.91 Å². The molecule has 1 aliphatic heterocycles. The second-order valence-corrected chi connectivity index (χ2v) is 8.81. The molecule has 1 fully saturated rings. The van der Waals surface area contributed by atoms with Crippen LogP contribution < -0.4 is 10.6 Å². The van der Waals surface area contributed by atoms with Gasteiger partial charge in [-0.15, -0.1) is 0 Å². The van der Waals surface area contributed by atoms with Crippen LogP contribution in [-0.2, 0) is 11.2 Å². The normalized spacial score (nSPS) is 21.2. The molecule has 1 aromatic rings. The minimum atomic E-state index is 0.0867. The Bertz CT molecular complexity index is 564. The quantitative estimate of drug-likeness (QED) is 0.869. The van der Waals surface area contributed by atoms with E-state index in [4.69, 9.17) is 0 Å². The van der Waals surface area contributed by atoms with Crippen LogP contribution in [0.2, 0.25) is 0 Å². The average molecular weight is 332 g/mol. The van der Waals surface area contributed by atoms with E-state index in [1.54, 1.807) is 0 Å². The lowest BCUT2D eigenvalue weighted by molar-refractivity contribution is -0.123. The van der Waals surface area contributed by atoms with Gasteiger partial charge in [0.15, 0.2) is 0 Å². The minimum absolute atomic E-state index is 0.0867. The highest BCUT2D eigenvalue weighted by molar-refractivity contribution is 5.76. The first-order valence-corrected chi connectivity index (χ1v) is 9.05. The zero-order valence-electron chi connectivity index (χ0n) is 16.1. The lowest BCUT2D eigenvalue weighted by Gasteiger charge is -2.46. The molecule has 1 aromatic heterocycles. The van der Waals surface area contributed by atoms with E-state index in [9.17, 15) is 4.79 Å². The Labute approximate surface area is 146 Å². The lowest BCUT2D eigenvalue weighted by Crippen LogP contribution is -2.58. The summed E-state index contributed by atoms with van der Waals surface area (Å²) in [5.41, 5.74) is 2.42. The number of rotatable bonds is 5. The molecule has 0 aromatic carbocycles. The van der Waals surface area contributed by atoms with Crippen molar-refractivity contribution in [3.8, 4) is 0 Å². The molecule has 24 heavy (non-hydrogen) atoms. The molecule has 2 heterocycles. The Morgan fingerprint density at radius 1 is 1.33 bits per heavy atom. The second kappa shape index (κ2) is 7.22. The van der Waals surface area contributed by atoms with Crippen molar-refractivity contribution in [3.05, 3.63) is 29.6 Å². The van der Waals surface area contributed by atoms with Gasteiger partial charge in [0.1, 0.15) is 0 Å². The molecule has 1 saturated heterocycles. The minimum Gasteiger partial charge on any atom is -0.353 e. The van der Waals surface area contributed by atoms with E-state index in [-0.39, 0.29) is 23.0 Å². The third-order valence-electron chi connectivity index (χ3n) is 4.77. The third-order valence-corrected chi connectivity index (χ3v) is 4.77. The maximum Gasteiger partial charge on any atom is 0.220 e. The van der Waals surface area contributed by atoms with Crippen LogP contribution in [-0.4, -0.2) is 28.0 Å². The number of amides is 1. The Balaban J connectivity index is 1.87. The van der Waals surface area contributed by atoms with Crippen molar-refractivity contribution in [2.45, 2.75) is 84.3 Å². The molecule has 0 spiro atoms. The first-order valence-electron chi connectivity index (χ1n) is 9.05. The van der Waals surface area contributed by atoms with Gasteiger partial charge in [-0.1, -0.05) is 6.07 Å². The molecule has 0 aliphatic carbocycles. The summed E-state index contributed by atoms with van der Waals surface area (Å²) in [6.07, 6.45) is 5.28. The molecule has 0 saturated carbocycles. The summed E-state index contributed by atoms with van der Waals surface area (Å²) in [6.45, 7) is 13.0. The molecule has 0 radical (unpaired) electrons. The SMILES string of the molecule is Cc1cccnc1CC(C)NC(=O)CC1CC(C)(C)NC(C)(C)C1. The summed E-state index contributed by atoms with van der Waals surface area (Å²) >= 11 is 0. The van der Waals surface area contributed by atoms with Crippen molar-refractivity contribution in [1.29, 1.82) is 0 Å². The number of carbonyl (C=O) groups excluding carboxylic acids is 1. The highest BCUT2D eigenvalue weighted by atomic mass is 16.1. The van der Waals surface area contributed by atoms with Gasteiger partial charge in [0.2, 0.25) is 5.91 Å². The average Bonchev–Trinajstić information content (AvgIpc) is 2.37. The van der Waals surface area contributed by atoms with Crippen molar-refractivity contribution in [2.24, 2.45) is 5.92 Å². The van der Waals surface area contributed by atoms with Crippen LogP contribution >= 0.6 is 0 Å². The third kappa shape index (κ3) is 5.59. The number of pyridine rings is 1. The molecule has 1 amide bonds. The number of hydrogen-bond acceptors (Lipinski definition) is 3. The standard InChI is InChI=1S/C20H33N3O/c1-14-8-7-9-21-17(14)10-15(2)22-18(24)11-16-12-19(3,4)23-20(5,6)13-16/h7-9,15-16,23H,10-13H2,1-6H3,(H,22,24). The van der Waals surface area contributed by atoms with Crippen LogP contribution in [0.3, 0.4) is 0 Å². The monoisotopic (exact) mass is 331 g/mol. The maximum atomic E-state index is 12.5. The van der Waals surface area contributed by atoms with Crippen LogP contribution in [0.15, 0.2) is 18.3 Å². The molecule has 0 bridgehead atoms. The summed E-state index contributed by atoms with van der Waals surface area (Å²) in [5.74, 6) is 0.592. The number of nitrogens with zero attached hydrogens (tertiary/aromatic N) is 1. The van der Waals surface area contributed by atoms with Crippen LogP contribution in [0.25, 0.3) is 0 Å². The first kappa shape index (κ1) is 18.9. The van der Waals surface area contributed by atoms with E-state index in [1.165, 1.54) is 5.56 Å². The van der Waals surface area contributed by atoms with E-state index in [0.717, 1.165) is 25.0 Å². The fraction of sp³-hybridized carbons (Fsp3) is 0.700. The second-order valence-electron chi connectivity index (χ2n) is 8.81. The number of piperidine rings is 1. The molecule has 4 heteroatoms. The van der Waals surface area contributed by atoms with Gasteiger partial charge in [-0.25, -0.2) is 0 Å². The number of hydrogen-bond donors (Lipinski definition) is 2. The van der Waals surface area contributed by atoms with Crippen molar-refractivity contribution in [1.82, 2.24) is 15.6 Å². The van der Waals surface area contributed by atoms with Gasteiger partial charge in [-0.3, -0.25) is 9.78 Å². The largest absolute Gasteiger partial charge is 0.353 e. The van der Waals surface area contributed by atoms with Gasteiger partial charge in [-0.2, -0.15) is 0 Å². The molecular formula is C20H33N3O. The fourth-order valence-electron chi connectivity index (χ4n) is 4.35. The zero-order chi connectivity index (χ0) is 18.0. The van der Waals surface area contributed by atoms with Gasteiger partial charge in [-0.05, 0) is 71.9 Å². The number of aryl methyl sites for hydroxylation is 1. The number of nitrogens with one attached hydrogen (secondary N) is 2. The summed E-state index contributed by atoms with van der Waals surface area (Å²) in [6, 6.07) is 4.12. The maximum absolute atomic E-state index is 12.5. The van der Waals surface area contributed by atoms with E-state index < -0.39 is 0 Å². The van der Waals surface area contributed by atoms with E-state index in [1.807, 2.05) is 12.3 Å². The fourth-order valence-corrected chi connectivity index (χ4v) is 4.35. The molecule has 4 nitrogen and oxygen atoms in total. The molecular weight excluding hydrogens is 298 g/mol. The van der Waals surface area contributed by atoms with Gasteiger partial charge in [0.05, 0.1) is 0 Å². The Hall–Kier alpha value is -1.42. The summed E-state index contributed by atoms with van der Waals surface area (Å²) < 4.78 is 0. The van der Waals surface area contributed by atoms with Gasteiger partial charge < -0.3 is 10.6 Å². The van der Waals surface area contributed by atoms with Gasteiger partial charge in [0, 0.05) is 41.9 Å². The Kier molecular flexibility index (Phi) is 5.69. The molecule has 2 N–H and O–H groups in total. The van der Waals surface area contributed by atoms with Crippen LogP contribution in [0, 0.1) is 12.8 Å². The molecule has 1 aliphatic rings. The summed E-state index contributed by atoms with van der Waals surface area (Å²) in [4.78, 5) is 16.9. The van der Waals surface area contributed by atoms with Crippen molar-refractivity contribution < 1.29 is 4.79 Å². The van der Waals surface area contributed by atoms with Gasteiger partial charge >= 0.3 is 0 Å². The highest BCUT2D eigenvalue weighted by Crippen LogP contribution is 2.34. The zero-order valence-corrected chi connectivity index (χ0v) is 16.1. The van der Waals surface area contributed by atoms with E-state index >= 15 is 0 Å². The Morgan fingerprint density at radius 3 is 2.54 bits per heavy atom. The topological polar surface area (TPSA) is 54.0 Å². The van der Waals surface area contributed by atoms with Crippen molar-refractivity contribution in [2.75, 3.05) is 0 Å². The summed E-state index contributed by atoms with van der Waals surface area (Å²) in [7, 11) is 0. The highest BCUT2D eigenvalue weighted by Gasteiger charge is 2.38. The van der Waals surface area contributed by atoms with Gasteiger partial charge in [0.25, 0.3) is 0 Å². The van der Waals surface area contributed by atoms with Crippen LogP contribution in [0.5, 0.6) is 0 Å². The van der Waals surface area contributed by atoms with E-state index in [0.29, 0.717) is 12.3 Å². The molecule has 2 rings (SSSR count). The predicted octanol–water partition coefficient (Wildman–Crippen LogP) is 3.38. The van der Waals surface area contributed by atoms with E-state index in [2.05, 4.69) is 63.2 Å². The smallest absolute Gasteiger partial charge is 0.220 e. The lowest BCUT2D eigenvalue weighted by atomic mass is 9.74.